The molecule has 0 saturated carbocycles. The summed E-state index contributed by atoms with van der Waals surface area (Å²) in [6, 6.07) is 7.94. The number of halogens is 1. The molecule has 0 bridgehead atoms. The number of hydrogen-bond acceptors (Lipinski definition) is 1. The van der Waals surface area contributed by atoms with E-state index < -0.39 is 0 Å². The Labute approximate surface area is 94.0 Å². The Balaban J connectivity index is 2.21. The summed E-state index contributed by atoms with van der Waals surface area (Å²) in [6.07, 6.45) is 1.10. The highest BCUT2D eigenvalue weighted by atomic mass is 79.9. The average molecular weight is 259 g/mol. The molecule has 0 heterocycles. The summed E-state index contributed by atoms with van der Waals surface area (Å²) in [6.45, 7) is 1.95. The van der Waals surface area contributed by atoms with Crippen molar-refractivity contribution in [3.63, 3.8) is 0 Å². The summed E-state index contributed by atoms with van der Waals surface area (Å²) in [5.41, 5.74) is 0. The molecule has 14 heavy (non-hydrogen) atoms. The number of hydrogen-bond donors (Lipinski definition) is 1. The molecule has 1 aromatic rings. The lowest BCUT2D eigenvalue weighted by Gasteiger charge is -2.08. The molecule has 1 rings (SSSR count). The van der Waals surface area contributed by atoms with Crippen LogP contribution in [0.5, 0.6) is 5.75 Å². The molecule has 0 aliphatic rings. The van der Waals surface area contributed by atoms with Crippen molar-refractivity contribution in [1.29, 1.82) is 0 Å². The van der Waals surface area contributed by atoms with Crippen LogP contribution < -0.4 is 9.64 Å². The summed E-state index contributed by atoms with van der Waals surface area (Å²) in [5.74, 6) is 0.946. The maximum Gasteiger partial charge on any atom is 0.119 e. The van der Waals surface area contributed by atoms with Crippen molar-refractivity contribution in [2.45, 2.75) is 6.42 Å². The quantitative estimate of drug-likeness (QED) is 0.788. The number of quaternary nitrogens is 1. The fraction of sp³-hybridized carbons (Fsp3) is 0.455. The Bertz CT molecular complexity index is 258. The molecule has 0 aromatic heterocycles. The third-order valence-corrected chi connectivity index (χ3v) is 2.43. The van der Waals surface area contributed by atoms with E-state index in [0.29, 0.717) is 0 Å². The molecule has 0 unspecified atom stereocenters. The largest absolute Gasteiger partial charge is 0.493 e. The third kappa shape index (κ3) is 4.63. The molecule has 0 spiro atoms. The Hall–Kier alpha value is -0.540. The lowest BCUT2D eigenvalue weighted by molar-refractivity contribution is -0.858. The minimum atomic E-state index is 0.798. The molecule has 0 saturated heterocycles. The molecular weight excluding hydrogens is 242 g/mol. The van der Waals surface area contributed by atoms with Gasteiger partial charge in [-0.3, -0.25) is 0 Å². The molecule has 78 valence electrons. The summed E-state index contributed by atoms with van der Waals surface area (Å²) in [4.78, 5) is 1.46. The van der Waals surface area contributed by atoms with Crippen LogP contribution in [0.4, 0.5) is 0 Å². The van der Waals surface area contributed by atoms with E-state index in [1.165, 1.54) is 4.90 Å². The second-order valence-electron chi connectivity index (χ2n) is 3.61. The molecule has 0 aliphatic heterocycles. The number of benzene rings is 1. The van der Waals surface area contributed by atoms with E-state index in [1.807, 2.05) is 24.3 Å². The standard InChI is InChI=1S/C11H16BrNO/c1-13(2)8-3-9-14-11-6-4-10(12)5-7-11/h4-7H,3,8-9H2,1-2H3/p+1. The topological polar surface area (TPSA) is 13.7 Å². The van der Waals surface area contributed by atoms with Crippen molar-refractivity contribution in [3.8, 4) is 5.75 Å². The lowest BCUT2D eigenvalue weighted by Crippen LogP contribution is -3.05. The SMILES string of the molecule is C[NH+](C)CCCOc1ccc(Br)cc1. The van der Waals surface area contributed by atoms with Gasteiger partial charge in [0.05, 0.1) is 27.2 Å². The van der Waals surface area contributed by atoms with E-state index in [4.69, 9.17) is 4.74 Å². The predicted octanol–water partition coefficient (Wildman–Crippen LogP) is 1.36. The Morgan fingerprint density at radius 3 is 2.43 bits per heavy atom. The zero-order valence-corrected chi connectivity index (χ0v) is 10.3. The number of rotatable bonds is 5. The summed E-state index contributed by atoms with van der Waals surface area (Å²) in [5, 5.41) is 0. The highest BCUT2D eigenvalue weighted by Gasteiger charge is 1.96. The van der Waals surface area contributed by atoms with E-state index in [0.717, 1.165) is 29.8 Å². The van der Waals surface area contributed by atoms with Gasteiger partial charge >= 0.3 is 0 Å². The lowest BCUT2D eigenvalue weighted by atomic mass is 10.3. The molecule has 1 aromatic carbocycles. The first-order valence-electron chi connectivity index (χ1n) is 4.86. The highest BCUT2D eigenvalue weighted by Crippen LogP contribution is 2.15. The van der Waals surface area contributed by atoms with Gasteiger partial charge in [0.1, 0.15) is 5.75 Å². The van der Waals surface area contributed by atoms with E-state index in [-0.39, 0.29) is 0 Å². The minimum Gasteiger partial charge on any atom is -0.493 e. The molecule has 0 atom stereocenters. The summed E-state index contributed by atoms with van der Waals surface area (Å²) < 4.78 is 6.66. The van der Waals surface area contributed by atoms with Crippen LogP contribution in [-0.4, -0.2) is 27.2 Å². The Morgan fingerprint density at radius 1 is 1.21 bits per heavy atom. The van der Waals surface area contributed by atoms with Gasteiger partial charge < -0.3 is 9.64 Å². The van der Waals surface area contributed by atoms with Crippen molar-refractivity contribution in [2.75, 3.05) is 27.2 Å². The number of nitrogens with one attached hydrogen (secondary N) is 1. The van der Waals surface area contributed by atoms with Crippen molar-refractivity contribution in [2.24, 2.45) is 0 Å². The van der Waals surface area contributed by atoms with Gasteiger partial charge in [0.25, 0.3) is 0 Å². The van der Waals surface area contributed by atoms with Gasteiger partial charge in [-0.25, -0.2) is 0 Å². The summed E-state index contributed by atoms with van der Waals surface area (Å²) >= 11 is 3.39. The van der Waals surface area contributed by atoms with Gasteiger partial charge in [0.2, 0.25) is 0 Å². The molecule has 0 fully saturated rings. The smallest absolute Gasteiger partial charge is 0.119 e. The van der Waals surface area contributed by atoms with Gasteiger partial charge in [-0.2, -0.15) is 0 Å². The van der Waals surface area contributed by atoms with Crippen LogP contribution in [0.25, 0.3) is 0 Å². The van der Waals surface area contributed by atoms with Gasteiger partial charge in [-0.1, -0.05) is 15.9 Å². The Morgan fingerprint density at radius 2 is 1.86 bits per heavy atom. The van der Waals surface area contributed by atoms with Crippen molar-refractivity contribution in [1.82, 2.24) is 0 Å². The zero-order valence-electron chi connectivity index (χ0n) is 8.72. The van der Waals surface area contributed by atoms with Crippen molar-refractivity contribution < 1.29 is 9.64 Å². The van der Waals surface area contributed by atoms with Gasteiger partial charge in [0.15, 0.2) is 0 Å². The highest BCUT2D eigenvalue weighted by molar-refractivity contribution is 9.10. The average Bonchev–Trinajstić information content (AvgIpc) is 2.15. The van der Waals surface area contributed by atoms with Crippen LogP contribution in [-0.2, 0) is 0 Å². The van der Waals surface area contributed by atoms with E-state index >= 15 is 0 Å². The first kappa shape index (κ1) is 11.5. The second-order valence-corrected chi connectivity index (χ2v) is 4.53. The predicted molar refractivity (Wildman–Crippen MR) is 61.9 cm³/mol. The van der Waals surface area contributed by atoms with Crippen LogP contribution in [0.15, 0.2) is 28.7 Å². The fourth-order valence-electron chi connectivity index (χ4n) is 1.15. The monoisotopic (exact) mass is 258 g/mol. The van der Waals surface area contributed by atoms with Crippen LogP contribution in [0.2, 0.25) is 0 Å². The molecule has 1 N–H and O–H groups in total. The first-order valence-corrected chi connectivity index (χ1v) is 5.65. The van der Waals surface area contributed by atoms with E-state index in [2.05, 4.69) is 30.0 Å². The van der Waals surface area contributed by atoms with Crippen LogP contribution >= 0.6 is 15.9 Å². The maximum atomic E-state index is 5.58. The summed E-state index contributed by atoms with van der Waals surface area (Å²) in [7, 11) is 4.30. The molecule has 2 nitrogen and oxygen atoms in total. The van der Waals surface area contributed by atoms with Gasteiger partial charge in [0, 0.05) is 10.9 Å². The molecule has 0 radical (unpaired) electrons. The van der Waals surface area contributed by atoms with Crippen molar-refractivity contribution in [3.05, 3.63) is 28.7 Å². The zero-order chi connectivity index (χ0) is 10.4. The normalized spacial score (nSPS) is 10.6. The van der Waals surface area contributed by atoms with Crippen LogP contribution in [0.3, 0.4) is 0 Å². The van der Waals surface area contributed by atoms with Crippen LogP contribution in [0.1, 0.15) is 6.42 Å². The molecule has 0 aliphatic carbocycles. The number of ether oxygens (including phenoxy) is 1. The minimum absolute atomic E-state index is 0.798. The fourth-order valence-corrected chi connectivity index (χ4v) is 1.41. The molecular formula is C11H17BrNO+. The molecule has 0 amide bonds. The third-order valence-electron chi connectivity index (χ3n) is 1.90. The second kappa shape index (κ2) is 6.04. The maximum absolute atomic E-state index is 5.58. The van der Waals surface area contributed by atoms with Gasteiger partial charge in [-0.05, 0) is 24.3 Å². The van der Waals surface area contributed by atoms with Crippen LogP contribution in [0, 0.1) is 0 Å². The molecule has 3 heteroatoms. The van der Waals surface area contributed by atoms with Crippen molar-refractivity contribution >= 4 is 15.9 Å². The van der Waals surface area contributed by atoms with E-state index in [9.17, 15) is 0 Å². The Kier molecular flexibility index (Phi) is 4.98. The van der Waals surface area contributed by atoms with Gasteiger partial charge in [-0.15, -0.1) is 0 Å². The van der Waals surface area contributed by atoms with E-state index in [1.54, 1.807) is 0 Å². The first-order chi connectivity index (χ1) is 6.68.